The molecule has 0 bridgehead atoms. The maximum atomic E-state index is 13.6. The third-order valence-corrected chi connectivity index (χ3v) is 6.64. The zero-order valence-electron chi connectivity index (χ0n) is 21.7. The number of rotatable bonds is 10. The van der Waals surface area contributed by atoms with E-state index in [1.807, 2.05) is 20.8 Å². The van der Waals surface area contributed by atoms with Gasteiger partial charge in [-0.2, -0.15) is 0 Å². The van der Waals surface area contributed by atoms with Gasteiger partial charge in [0.25, 0.3) is 0 Å². The Morgan fingerprint density at radius 2 is 1.67 bits per heavy atom. The zero-order valence-corrected chi connectivity index (χ0v) is 23.2. The van der Waals surface area contributed by atoms with Crippen LogP contribution in [0.25, 0.3) is 0 Å². The maximum absolute atomic E-state index is 13.6. The summed E-state index contributed by atoms with van der Waals surface area (Å²) in [4.78, 5) is 28.0. The number of anilines is 1. The molecule has 11 heteroatoms. The maximum Gasteiger partial charge on any atom is 0.244 e. The molecule has 0 unspecified atom stereocenters. The van der Waals surface area contributed by atoms with Crippen LogP contribution in [0, 0.1) is 0 Å². The molecular weight excluding hydrogens is 506 g/mol. The number of ether oxygens (including phenoxy) is 2. The van der Waals surface area contributed by atoms with Gasteiger partial charge in [0, 0.05) is 23.2 Å². The van der Waals surface area contributed by atoms with E-state index in [0.29, 0.717) is 10.8 Å². The molecule has 2 aromatic rings. The normalized spacial score (nSPS) is 12.4. The van der Waals surface area contributed by atoms with Crippen LogP contribution in [-0.4, -0.2) is 63.7 Å². The second-order valence-electron chi connectivity index (χ2n) is 9.37. The summed E-state index contributed by atoms with van der Waals surface area (Å²) in [7, 11) is -1.03. The van der Waals surface area contributed by atoms with Crippen molar-refractivity contribution in [2.75, 3.05) is 31.3 Å². The highest BCUT2D eigenvalue weighted by atomic mass is 35.5. The highest BCUT2D eigenvalue weighted by Gasteiger charge is 2.32. The second kappa shape index (κ2) is 11.8. The van der Waals surface area contributed by atoms with Gasteiger partial charge in [0.15, 0.2) is 0 Å². The molecule has 0 fully saturated rings. The number of halogens is 1. The molecule has 0 aromatic heterocycles. The van der Waals surface area contributed by atoms with Crippen LogP contribution in [0.2, 0.25) is 5.02 Å². The van der Waals surface area contributed by atoms with Gasteiger partial charge >= 0.3 is 0 Å². The fourth-order valence-electron chi connectivity index (χ4n) is 3.43. The van der Waals surface area contributed by atoms with Crippen molar-refractivity contribution < 1.29 is 27.5 Å². The fraction of sp³-hybridized carbons (Fsp3) is 0.440. The highest BCUT2D eigenvalue weighted by Crippen LogP contribution is 2.33. The molecule has 0 spiro atoms. The Bertz CT molecular complexity index is 1180. The van der Waals surface area contributed by atoms with Gasteiger partial charge < -0.3 is 19.7 Å². The minimum atomic E-state index is -3.90. The molecule has 2 aromatic carbocycles. The molecule has 0 saturated carbocycles. The van der Waals surface area contributed by atoms with Gasteiger partial charge in [-0.3, -0.25) is 13.9 Å². The Balaban J connectivity index is 2.47. The molecule has 0 aliphatic heterocycles. The van der Waals surface area contributed by atoms with Gasteiger partial charge in [0.05, 0.1) is 26.2 Å². The largest absolute Gasteiger partial charge is 0.497 e. The van der Waals surface area contributed by atoms with Crippen molar-refractivity contribution in [2.24, 2.45) is 0 Å². The fourth-order valence-corrected chi connectivity index (χ4v) is 4.41. The lowest BCUT2D eigenvalue weighted by Crippen LogP contribution is -2.54. The first-order valence-corrected chi connectivity index (χ1v) is 13.4. The van der Waals surface area contributed by atoms with Crippen molar-refractivity contribution in [3.8, 4) is 11.5 Å². The van der Waals surface area contributed by atoms with E-state index in [0.717, 1.165) is 16.1 Å². The van der Waals surface area contributed by atoms with Crippen LogP contribution in [-0.2, 0) is 26.2 Å². The SMILES string of the molecule is COc1ccc(N(CC(=O)N(Cc2ccc(Cl)cc2)[C@@H](C)C(=O)NC(C)(C)C)S(C)(=O)=O)c(OC)c1. The standard InChI is InChI=1S/C25H34ClN3O6S/c1-17(24(31)27-25(2,3)4)28(15-18-8-10-19(26)11-9-18)23(30)16-29(36(7,32)33)21-13-12-20(34-5)14-22(21)35-6/h8-14,17H,15-16H2,1-7H3,(H,27,31)/t17-/m0/s1. The Hall–Kier alpha value is -2.98. The van der Waals surface area contributed by atoms with Gasteiger partial charge in [-0.1, -0.05) is 23.7 Å². The number of methoxy groups -OCH3 is 2. The first-order chi connectivity index (χ1) is 16.7. The number of nitrogens with one attached hydrogen (secondary N) is 1. The van der Waals surface area contributed by atoms with E-state index in [1.54, 1.807) is 37.3 Å². The predicted molar refractivity (Wildman–Crippen MR) is 141 cm³/mol. The molecule has 0 saturated heterocycles. The molecule has 2 rings (SSSR count). The number of hydrogen-bond donors (Lipinski definition) is 1. The number of benzene rings is 2. The predicted octanol–water partition coefficient (Wildman–Crippen LogP) is 3.46. The van der Waals surface area contributed by atoms with Crippen LogP contribution >= 0.6 is 11.6 Å². The monoisotopic (exact) mass is 539 g/mol. The lowest BCUT2D eigenvalue weighted by atomic mass is 10.1. The van der Waals surface area contributed by atoms with Crippen LogP contribution < -0.4 is 19.1 Å². The molecular formula is C25H34ClN3O6S. The molecule has 0 aliphatic rings. The number of sulfonamides is 1. The number of carbonyl (C=O) groups is 2. The Labute approximate surface area is 218 Å². The molecule has 2 amide bonds. The quantitative estimate of drug-likeness (QED) is 0.496. The number of carbonyl (C=O) groups excluding carboxylic acids is 2. The van der Waals surface area contributed by atoms with Crippen LogP contribution in [0.4, 0.5) is 5.69 Å². The summed E-state index contributed by atoms with van der Waals surface area (Å²) in [6, 6.07) is 10.6. The van der Waals surface area contributed by atoms with E-state index in [9.17, 15) is 18.0 Å². The third kappa shape index (κ3) is 8.03. The summed E-state index contributed by atoms with van der Waals surface area (Å²) in [5, 5.41) is 3.41. The third-order valence-electron chi connectivity index (χ3n) is 5.27. The number of amides is 2. The minimum Gasteiger partial charge on any atom is -0.497 e. The average molecular weight is 540 g/mol. The summed E-state index contributed by atoms with van der Waals surface area (Å²) in [5.41, 5.74) is 0.388. The van der Waals surface area contributed by atoms with Crippen molar-refractivity contribution in [3.05, 3.63) is 53.1 Å². The molecule has 9 nitrogen and oxygen atoms in total. The van der Waals surface area contributed by atoms with Gasteiger partial charge in [0.2, 0.25) is 21.8 Å². The number of nitrogens with zero attached hydrogens (tertiary/aromatic N) is 2. The average Bonchev–Trinajstić information content (AvgIpc) is 2.79. The molecule has 1 N–H and O–H groups in total. The topological polar surface area (TPSA) is 105 Å². The van der Waals surface area contributed by atoms with Crippen LogP contribution in [0.1, 0.15) is 33.3 Å². The highest BCUT2D eigenvalue weighted by molar-refractivity contribution is 7.92. The van der Waals surface area contributed by atoms with Crippen molar-refractivity contribution in [1.29, 1.82) is 0 Å². The van der Waals surface area contributed by atoms with E-state index in [-0.39, 0.29) is 23.9 Å². The van der Waals surface area contributed by atoms with Crippen LogP contribution in [0.15, 0.2) is 42.5 Å². The zero-order chi connectivity index (χ0) is 27.3. The summed E-state index contributed by atoms with van der Waals surface area (Å²) < 4.78 is 37.1. The van der Waals surface area contributed by atoms with Gasteiger partial charge in [0.1, 0.15) is 24.1 Å². The number of hydrogen-bond acceptors (Lipinski definition) is 6. The van der Waals surface area contributed by atoms with E-state index < -0.39 is 34.1 Å². The molecule has 0 aliphatic carbocycles. The van der Waals surface area contributed by atoms with E-state index in [4.69, 9.17) is 21.1 Å². The summed E-state index contributed by atoms with van der Waals surface area (Å²) in [5.74, 6) is -0.245. The first kappa shape index (κ1) is 29.3. The van der Waals surface area contributed by atoms with E-state index in [2.05, 4.69) is 5.32 Å². The molecule has 0 heterocycles. The minimum absolute atomic E-state index is 0.0755. The van der Waals surface area contributed by atoms with Crippen molar-refractivity contribution in [3.63, 3.8) is 0 Å². The van der Waals surface area contributed by atoms with E-state index >= 15 is 0 Å². The van der Waals surface area contributed by atoms with Crippen molar-refractivity contribution >= 4 is 39.1 Å². The summed E-state index contributed by atoms with van der Waals surface area (Å²) >= 11 is 5.99. The summed E-state index contributed by atoms with van der Waals surface area (Å²) in [6.45, 7) is 6.65. The molecule has 1 atom stereocenters. The lowest BCUT2D eigenvalue weighted by Gasteiger charge is -2.33. The first-order valence-electron chi connectivity index (χ1n) is 11.2. The Morgan fingerprint density at radius 1 is 1.06 bits per heavy atom. The lowest BCUT2D eigenvalue weighted by molar-refractivity contribution is -0.140. The second-order valence-corrected chi connectivity index (χ2v) is 11.7. The smallest absolute Gasteiger partial charge is 0.244 e. The van der Waals surface area contributed by atoms with Gasteiger partial charge in [-0.15, -0.1) is 0 Å². The summed E-state index contributed by atoms with van der Waals surface area (Å²) in [6.07, 6.45) is 1.00. The van der Waals surface area contributed by atoms with Crippen LogP contribution in [0.3, 0.4) is 0 Å². The van der Waals surface area contributed by atoms with Crippen molar-refractivity contribution in [1.82, 2.24) is 10.2 Å². The van der Waals surface area contributed by atoms with Gasteiger partial charge in [-0.05, 0) is 57.5 Å². The van der Waals surface area contributed by atoms with Crippen LogP contribution in [0.5, 0.6) is 11.5 Å². The molecule has 198 valence electrons. The van der Waals surface area contributed by atoms with E-state index in [1.165, 1.54) is 31.3 Å². The van der Waals surface area contributed by atoms with Crippen molar-refractivity contribution in [2.45, 2.75) is 45.8 Å². The Morgan fingerprint density at radius 3 is 2.17 bits per heavy atom. The molecule has 0 radical (unpaired) electrons. The Kier molecular flexibility index (Phi) is 9.62. The molecule has 36 heavy (non-hydrogen) atoms. The van der Waals surface area contributed by atoms with Gasteiger partial charge in [-0.25, -0.2) is 8.42 Å².